The summed E-state index contributed by atoms with van der Waals surface area (Å²) in [6.45, 7) is 1.51. The van der Waals surface area contributed by atoms with Gasteiger partial charge in [-0.05, 0) is 25.1 Å². The van der Waals surface area contributed by atoms with Crippen LogP contribution in [0.3, 0.4) is 0 Å². The van der Waals surface area contributed by atoms with Crippen LogP contribution in [0.5, 0.6) is 0 Å². The summed E-state index contributed by atoms with van der Waals surface area (Å²) >= 11 is 9.09. The number of benzene rings is 1. The van der Waals surface area contributed by atoms with Gasteiger partial charge in [-0.3, -0.25) is 9.59 Å². The van der Waals surface area contributed by atoms with E-state index in [1.54, 1.807) is 18.2 Å². The van der Waals surface area contributed by atoms with Gasteiger partial charge in [-0.1, -0.05) is 27.5 Å². The molecule has 1 atom stereocenters. The van der Waals surface area contributed by atoms with Gasteiger partial charge in [0.1, 0.15) is 6.04 Å². The average Bonchev–Trinajstić information content (AvgIpc) is 2.21. The third-order valence-corrected chi connectivity index (χ3v) is 2.77. The van der Waals surface area contributed by atoms with Crippen molar-refractivity contribution in [1.82, 2.24) is 5.32 Å². The lowest BCUT2D eigenvalue weighted by Gasteiger charge is -2.11. The second-order valence-electron chi connectivity index (χ2n) is 3.22. The molecule has 0 radical (unpaired) electrons. The molecule has 2 amide bonds. The zero-order chi connectivity index (χ0) is 12.3. The van der Waals surface area contributed by atoms with Crippen molar-refractivity contribution < 1.29 is 9.59 Å². The third kappa shape index (κ3) is 3.21. The van der Waals surface area contributed by atoms with Crippen LogP contribution in [0, 0.1) is 0 Å². The van der Waals surface area contributed by atoms with Crippen molar-refractivity contribution in [2.45, 2.75) is 13.0 Å². The molecule has 1 rings (SSSR count). The largest absolute Gasteiger partial charge is 0.368 e. The van der Waals surface area contributed by atoms with E-state index in [0.717, 1.165) is 4.47 Å². The molecule has 1 unspecified atom stereocenters. The molecule has 1 aromatic carbocycles. The predicted octanol–water partition coefficient (Wildman–Crippen LogP) is 1.71. The highest BCUT2D eigenvalue weighted by molar-refractivity contribution is 9.10. The van der Waals surface area contributed by atoms with Gasteiger partial charge in [0.15, 0.2) is 0 Å². The van der Waals surface area contributed by atoms with E-state index in [1.807, 2.05) is 0 Å². The second-order valence-corrected chi connectivity index (χ2v) is 4.54. The fraction of sp³-hybridized carbons (Fsp3) is 0.200. The van der Waals surface area contributed by atoms with Crippen LogP contribution < -0.4 is 11.1 Å². The summed E-state index contributed by atoms with van der Waals surface area (Å²) in [6, 6.07) is 4.15. The van der Waals surface area contributed by atoms with Crippen molar-refractivity contribution in [3.63, 3.8) is 0 Å². The molecular weight excluding hydrogens is 295 g/mol. The molecule has 1 aromatic rings. The Morgan fingerprint density at radius 1 is 1.50 bits per heavy atom. The van der Waals surface area contributed by atoms with Crippen LogP contribution in [0.1, 0.15) is 17.3 Å². The molecule has 0 aliphatic heterocycles. The molecule has 0 saturated carbocycles. The van der Waals surface area contributed by atoms with Crippen LogP contribution in [0.15, 0.2) is 22.7 Å². The van der Waals surface area contributed by atoms with Crippen molar-refractivity contribution in [2.75, 3.05) is 0 Å². The molecule has 0 aliphatic rings. The van der Waals surface area contributed by atoms with Crippen LogP contribution >= 0.6 is 27.5 Å². The molecule has 16 heavy (non-hydrogen) atoms. The summed E-state index contributed by atoms with van der Waals surface area (Å²) in [7, 11) is 0. The molecule has 4 nitrogen and oxygen atoms in total. The van der Waals surface area contributed by atoms with E-state index in [2.05, 4.69) is 21.2 Å². The maximum absolute atomic E-state index is 11.7. The van der Waals surface area contributed by atoms with Gasteiger partial charge >= 0.3 is 0 Å². The van der Waals surface area contributed by atoms with Crippen molar-refractivity contribution in [2.24, 2.45) is 5.73 Å². The van der Waals surface area contributed by atoms with Crippen LogP contribution in [0.25, 0.3) is 0 Å². The topological polar surface area (TPSA) is 72.2 Å². The van der Waals surface area contributed by atoms with Gasteiger partial charge in [0, 0.05) is 4.47 Å². The Balaban J connectivity index is 2.88. The van der Waals surface area contributed by atoms with Crippen LogP contribution in [0.4, 0.5) is 0 Å². The number of hydrogen-bond acceptors (Lipinski definition) is 2. The summed E-state index contributed by atoms with van der Waals surface area (Å²) in [5, 5.41) is 2.76. The van der Waals surface area contributed by atoms with E-state index in [0.29, 0.717) is 10.6 Å². The molecule has 0 aliphatic carbocycles. The van der Waals surface area contributed by atoms with Gasteiger partial charge in [0.2, 0.25) is 5.91 Å². The Hall–Kier alpha value is -1.07. The first-order valence-corrected chi connectivity index (χ1v) is 5.64. The third-order valence-electron chi connectivity index (χ3n) is 1.95. The fourth-order valence-electron chi connectivity index (χ4n) is 1.02. The van der Waals surface area contributed by atoms with E-state index < -0.39 is 17.9 Å². The summed E-state index contributed by atoms with van der Waals surface area (Å²) in [5.74, 6) is -1.03. The number of carbonyl (C=O) groups is 2. The predicted molar refractivity (Wildman–Crippen MR) is 65.3 cm³/mol. The first-order chi connectivity index (χ1) is 7.41. The van der Waals surface area contributed by atoms with Crippen LogP contribution in [-0.2, 0) is 4.79 Å². The van der Waals surface area contributed by atoms with Crippen LogP contribution in [-0.4, -0.2) is 17.9 Å². The molecule has 0 heterocycles. The Labute approximate surface area is 106 Å². The number of rotatable bonds is 3. The molecule has 0 fully saturated rings. The molecule has 3 N–H and O–H groups in total. The zero-order valence-electron chi connectivity index (χ0n) is 8.46. The fourth-order valence-corrected chi connectivity index (χ4v) is 1.58. The highest BCUT2D eigenvalue weighted by atomic mass is 79.9. The standard InChI is InChI=1S/C10H10BrClN2O2/c1-5(9(13)15)14-10(16)7-4-6(11)2-3-8(7)12/h2-5H,1H3,(H2,13,15)(H,14,16). The minimum atomic E-state index is -0.734. The quantitative estimate of drug-likeness (QED) is 0.892. The maximum atomic E-state index is 11.7. The number of hydrogen-bond donors (Lipinski definition) is 2. The van der Waals surface area contributed by atoms with Gasteiger partial charge in [0.05, 0.1) is 10.6 Å². The average molecular weight is 306 g/mol. The van der Waals surface area contributed by atoms with Gasteiger partial charge in [0.25, 0.3) is 5.91 Å². The van der Waals surface area contributed by atoms with E-state index in [-0.39, 0.29) is 0 Å². The number of amides is 2. The zero-order valence-corrected chi connectivity index (χ0v) is 10.8. The van der Waals surface area contributed by atoms with Gasteiger partial charge in [-0.2, -0.15) is 0 Å². The summed E-state index contributed by atoms with van der Waals surface area (Å²) in [5.41, 5.74) is 5.33. The first-order valence-electron chi connectivity index (χ1n) is 4.47. The Bertz CT molecular complexity index is 437. The Morgan fingerprint density at radius 2 is 2.12 bits per heavy atom. The number of carbonyl (C=O) groups excluding carboxylic acids is 2. The highest BCUT2D eigenvalue weighted by Crippen LogP contribution is 2.20. The molecule has 6 heteroatoms. The normalized spacial score (nSPS) is 11.9. The Kier molecular flexibility index (Phi) is 4.32. The maximum Gasteiger partial charge on any atom is 0.253 e. The lowest BCUT2D eigenvalue weighted by atomic mass is 10.2. The van der Waals surface area contributed by atoms with Gasteiger partial charge < -0.3 is 11.1 Å². The van der Waals surface area contributed by atoms with Crippen molar-refractivity contribution >= 4 is 39.3 Å². The van der Waals surface area contributed by atoms with Gasteiger partial charge in [-0.25, -0.2) is 0 Å². The SMILES string of the molecule is CC(NC(=O)c1cc(Br)ccc1Cl)C(N)=O. The summed E-state index contributed by atoms with van der Waals surface area (Å²) in [6.07, 6.45) is 0. The number of halogens is 2. The molecule has 0 bridgehead atoms. The summed E-state index contributed by atoms with van der Waals surface area (Å²) < 4.78 is 0.730. The Morgan fingerprint density at radius 3 is 2.69 bits per heavy atom. The smallest absolute Gasteiger partial charge is 0.253 e. The minimum absolute atomic E-state index is 0.296. The number of nitrogens with one attached hydrogen (secondary N) is 1. The van der Waals surface area contributed by atoms with E-state index in [4.69, 9.17) is 17.3 Å². The van der Waals surface area contributed by atoms with E-state index in [9.17, 15) is 9.59 Å². The second kappa shape index (κ2) is 5.32. The molecular formula is C10H10BrClN2O2. The molecule has 0 spiro atoms. The van der Waals surface area contributed by atoms with Crippen molar-refractivity contribution in [1.29, 1.82) is 0 Å². The molecule has 86 valence electrons. The monoisotopic (exact) mass is 304 g/mol. The van der Waals surface area contributed by atoms with Crippen molar-refractivity contribution in [3.8, 4) is 0 Å². The van der Waals surface area contributed by atoms with Crippen molar-refractivity contribution in [3.05, 3.63) is 33.3 Å². The number of primary amides is 1. The molecule has 0 aromatic heterocycles. The van der Waals surface area contributed by atoms with Gasteiger partial charge in [-0.15, -0.1) is 0 Å². The lowest BCUT2D eigenvalue weighted by molar-refractivity contribution is -0.119. The first kappa shape index (κ1) is 13.0. The lowest BCUT2D eigenvalue weighted by Crippen LogP contribution is -2.42. The number of nitrogens with two attached hydrogens (primary N) is 1. The summed E-state index contributed by atoms with van der Waals surface area (Å²) in [4.78, 5) is 22.5. The highest BCUT2D eigenvalue weighted by Gasteiger charge is 2.16. The van der Waals surface area contributed by atoms with E-state index in [1.165, 1.54) is 6.92 Å². The molecule has 0 saturated heterocycles. The van der Waals surface area contributed by atoms with Crippen LogP contribution in [0.2, 0.25) is 5.02 Å². The van der Waals surface area contributed by atoms with E-state index >= 15 is 0 Å². The minimum Gasteiger partial charge on any atom is -0.368 e.